The lowest BCUT2D eigenvalue weighted by atomic mass is 9.92. The zero-order valence-electron chi connectivity index (χ0n) is 25.0. The van der Waals surface area contributed by atoms with Crippen molar-refractivity contribution in [2.24, 2.45) is 0 Å². The SMILES string of the molecule is c1ccc(-c2cccc(-c3oc(-c4cc(-c5ccc6oc7ccccc7c6c5)ccc4-c4ccccc4)c4ccccc34)c2)cc1. The molecule has 2 heterocycles. The molecule has 46 heavy (non-hydrogen) atoms. The smallest absolute Gasteiger partial charge is 0.143 e. The van der Waals surface area contributed by atoms with E-state index in [2.05, 4.69) is 152 Å². The highest BCUT2D eigenvalue weighted by molar-refractivity contribution is 6.07. The maximum atomic E-state index is 6.98. The van der Waals surface area contributed by atoms with Gasteiger partial charge in [-0.3, -0.25) is 0 Å². The van der Waals surface area contributed by atoms with E-state index in [1.54, 1.807) is 0 Å². The van der Waals surface area contributed by atoms with Gasteiger partial charge in [0, 0.05) is 32.7 Å². The van der Waals surface area contributed by atoms with Gasteiger partial charge < -0.3 is 8.83 Å². The average Bonchev–Trinajstić information content (AvgIpc) is 3.71. The van der Waals surface area contributed by atoms with E-state index in [-0.39, 0.29) is 0 Å². The van der Waals surface area contributed by atoms with Crippen molar-refractivity contribution >= 4 is 32.7 Å². The normalized spacial score (nSPS) is 11.5. The van der Waals surface area contributed by atoms with Gasteiger partial charge in [-0.2, -0.15) is 0 Å². The molecule has 2 heteroatoms. The van der Waals surface area contributed by atoms with Crippen LogP contribution in [0.3, 0.4) is 0 Å². The Bertz CT molecular complexity index is 2520. The highest BCUT2D eigenvalue weighted by atomic mass is 16.3. The van der Waals surface area contributed by atoms with E-state index in [0.717, 1.165) is 83.2 Å². The predicted molar refractivity (Wildman–Crippen MR) is 191 cm³/mol. The van der Waals surface area contributed by atoms with Crippen molar-refractivity contribution in [3.63, 3.8) is 0 Å². The molecule has 0 bridgehead atoms. The van der Waals surface area contributed by atoms with Crippen LogP contribution in [-0.4, -0.2) is 0 Å². The van der Waals surface area contributed by atoms with E-state index in [9.17, 15) is 0 Å². The van der Waals surface area contributed by atoms with Crippen LogP contribution >= 0.6 is 0 Å². The van der Waals surface area contributed by atoms with Gasteiger partial charge in [-0.1, -0.05) is 140 Å². The van der Waals surface area contributed by atoms with Crippen LogP contribution in [0.4, 0.5) is 0 Å². The number of fused-ring (bicyclic) bond motifs is 4. The summed E-state index contributed by atoms with van der Waals surface area (Å²) in [7, 11) is 0. The number of hydrogen-bond acceptors (Lipinski definition) is 2. The molecule has 0 aliphatic heterocycles. The first-order valence-corrected chi connectivity index (χ1v) is 15.6. The fourth-order valence-electron chi connectivity index (χ4n) is 6.66. The van der Waals surface area contributed by atoms with Gasteiger partial charge in [0.25, 0.3) is 0 Å². The van der Waals surface area contributed by atoms with Gasteiger partial charge in [-0.25, -0.2) is 0 Å². The third-order valence-electron chi connectivity index (χ3n) is 8.91. The van der Waals surface area contributed by atoms with Crippen molar-refractivity contribution < 1.29 is 8.83 Å². The van der Waals surface area contributed by atoms with Crippen molar-refractivity contribution in [2.45, 2.75) is 0 Å². The molecule has 0 amide bonds. The maximum Gasteiger partial charge on any atom is 0.143 e. The van der Waals surface area contributed by atoms with E-state index >= 15 is 0 Å². The maximum absolute atomic E-state index is 6.98. The second kappa shape index (κ2) is 10.8. The third-order valence-corrected chi connectivity index (χ3v) is 8.91. The van der Waals surface area contributed by atoms with Crippen LogP contribution < -0.4 is 0 Å². The first-order valence-electron chi connectivity index (χ1n) is 15.6. The summed E-state index contributed by atoms with van der Waals surface area (Å²) < 4.78 is 13.1. The Morgan fingerprint density at radius 2 is 0.826 bits per heavy atom. The molecule has 0 aliphatic carbocycles. The predicted octanol–water partition coefficient (Wildman–Crippen LogP) is 12.7. The highest BCUT2D eigenvalue weighted by Crippen LogP contribution is 2.45. The summed E-state index contributed by atoms with van der Waals surface area (Å²) in [4.78, 5) is 0. The third kappa shape index (κ3) is 4.43. The summed E-state index contributed by atoms with van der Waals surface area (Å²) in [5.74, 6) is 1.74. The van der Waals surface area contributed by atoms with Crippen LogP contribution in [0.1, 0.15) is 0 Å². The molecule has 2 nitrogen and oxygen atoms in total. The summed E-state index contributed by atoms with van der Waals surface area (Å²) in [6.07, 6.45) is 0. The molecular weight excluding hydrogens is 560 g/mol. The number of furan rings is 2. The van der Waals surface area contributed by atoms with Crippen LogP contribution in [0.25, 0.3) is 88.7 Å². The average molecular weight is 589 g/mol. The minimum atomic E-state index is 0.867. The van der Waals surface area contributed by atoms with Crippen molar-refractivity contribution in [2.75, 3.05) is 0 Å². The first-order chi connectivity index (χ1) is 22.8. The number of para-hydroxylation sites is 1. The molecule has 0 N–H and O–H groups in total. The Labute approximate surface area is 266 Å². The summed E-state index contributed by atoms with van der Waals surface area (Å²) in [6, 6.07) is 59.6. The van der Waals surface area contributed by atoms with Gasteiger partial charge in [-0.15, -0.1) is 0 Å². The molecule has 9 rings (SSSR count). The van der Waals surface area contributed by atoms with Crippen LogP contribution in [0.15, 0.2) is 179 Å². The van der Waals surface area contributed by atoms with Gasteiger partial charge in [0.1, 0.15) is 22.7 Å². The molecule has 0 aliphatic rings. The van der Waals surface area contributed by atoms with E-state index in [0.29, 0.717) is 0 Å². The Morgan fingerprint density at radius 1 is 0.261 bits per heavy atom. The highest BCUT2D eigenvalue weighted by Gasteiger charge is 2.20. The second-order valence-electron chi connectivity index (χ2n) is 11.7. The van der Waals surface area contributed by atoms with Crippen molar-refractivity contribution in [1.82, 2.24) is 0 Å². The molecule has 0 atom stereocenters. The fraction of sp³-hybridized carbons (Fsp3) is 0. The molecule has 0 radical (unpaired) electrons. The lowest BCUT2D eigenvalue weighted by Crippen LogP contribution is -1.87. The zero-order chi connectivity index (χ0) is 30.5. The second-order valence-corrected chi connectivity index (χ2v) is 11.7. The van der Waals surface area contributed by atoms with Crippen molar-refractivity contribution in [3.05, 3.63) is 170 Å². The molecule has 2 aromatic heterocycles. The molecule has 216 valence electrons. The molecule has 9 aromatic rings. The summed E-state index contributed by atoms with van der Waals surface area (Å²) in [5, 5.41) is 4.43. The van der Waals surface area contributed by atoms with Gasteiger partial charge in [0.15, 0.2) is 0 Å². The van der Waals surface area contributed by atoms with Crippen LogP contribution in [-0.2, 0) is 0 Å². The van der Waals surface area contributed by atoms with Gasteiger partial charge in [0.2, 0.25) is 0 Å². The van der Waals surface area contributed by atoms with E-state index in [4.69, 9.17) is 8.83 Å². The van der Waals surface area contributed by atoms with Crippen LogP contribution in [0.2, 0.25) is 0 Å². The molecule has 0 saturated carbocycles. The van der Waals surface area contributed by atoms with Gasteiger partial charge in [0.05, 0.1) is 0 Å². The standard InChI is InChI=1S/C44H28O2/c1-3-12-29(13-4-1)31-16-11-17-34(26-31)43-37-19-7-8-20-38(37)44(46-43)40-28-32(22-24-35(40)30-14-5-2-6-15-30)33-23-25-42-39(27-33)36-18-9-10-21-41(36)45-42/h1-28H. The van der Waals surface area contributed by atoms with Gasteiger partial charge >= 0.3 is 0 Å². The molecule has 7 aromatic carbocycles. The zero-order valence-corrected chi connectivity index (χ0v) is 25.0. The number of rotatable bonds is 5. The first kappa shape index (κ1) is 26.3. The van der Waals surface area contributed by atoms with E-state index < -0.39 is 0 Å². The molecular formula is C44H28O2. The minimum absolute atomic E-state index is 0.867. The number of benzene rings is 7. The van der Waals surface area contributed by atoms with E-state index in [1.165, 1.54) is 5.56 Å². The summed E-state index contributed by atoms with van der Waals surface area (Å²) in [5.41, 5.74) is 10.8. The lowest BCUT2D eigenvalue weighted by Gasteiger charge is -2.12. The molecule has 0 unspecified atom stereocenters. The van der Waals surface area contributed by atoms with Crippen molar-refractivity contribution in [1.29, 1.82) is 0 Å². The topological polar surface area (TPSA) is 26.3 Å². The molecule has 0 saturated heterocycles. The Kier molecular flexibility index (Phi) is 6.17. The minimum Gasteiger partial charge on any atom is -0.456 e. The monoisotopic (exact) mass is 588 g/mol. The number of hydrogen-bond donors (Lipinski definition) is 0. The summed E-state index contributed by atoms with van der Waals surface area (Å²) in [6.45, 7) is 0. The Balaban J connectivity index is 1.25. The fourth-order valence-corrected chi connectivity index (χ4v) is 6.66. The Hall–Kier alpha value is -6.12. The Morgan fingerprint density at radius 3 is 1.63 bits per heavy atom. The van der Waals surface area contributed by atoms with Gasteiger partial charge in [-0.05, 0) is 63.7 Å². The molecule has 0 spiro atoms. The van der Waals surface area contributed by atoms with E-state index in [1.807, 2.05) is 18.2 Å². The lowest BCUT2D eigenvalue weighted by molar-refractivity contribution is 0.602. The van der Waals surface area contributed by atoms with Crippen LogP contribution in [0.5, 0.6) is 0 Å². The summed E-state index contributed by atoms with van der Waals surface area (Å²) >= 11 is 0. The largest absolute Gasteiger partial charge is 0.456 e. The molecule has 0 fully saturated rings. The quantitative estimate of drug-likeness (QED) is 0.200. The van der Waals surface area contributed by atoms with Crippen molar-refractivity contribution in [3.8, 4) is 56.0 Å². The van der Waals surface area contributed by atoms with Crippen LogP contribution in [0, 0.1) is 0 Å².